The lowest BCUT2D eigenvalue weighted by atomic mass is 9.75. The van der Waals surface area contributed by atoms with Crippen molar-refractivity contribution in [1.82, 2.24) is 9.80 Å². The van der Waals surface area contributed by atoms with E-state index in [-0.39, 0.29) is 0 Å². The molecule has 2 heterocycles. The topological polar surface area (TPSA) is 60.5 Å². The summed E-state index contributed by atoms with van der Waals surface area (Å²) >= 11 is 0. The van der Waals surface area contributed by atoms with Crippen molar-refractivity contribution in [3.05, 3.63) is 46.5 Å². The normalized spacial score (nSPS) is 22.6. The largest absolute Gasteiger partial charge is 0.540 e. The number of hydrogen-bond acceptors (Lipinski definition) is 7. The Morgan fingerprint density at radius 1 is 0.567 bits per heavy atom. The Morgan fingerprint density at radius 2 is 0.917 bits per heavy atom. The molecule has 2 aromatic rings. The van der Waals surface area contributed by atoms with Crippen molar-refractivity contribution in [1.29, 1.82) is 0 Å². The summed E-state index contributed by atoms with van der Waals surface area (Å²) in [5.41, 5.74) is 7.08. The van der Waals surface area contributed by atoms with E-state index in [0.29, 0.717) is 80.2 Å². The maximum Gasteiger partial charge on any atom is 0.519 e. The Balaban J connectivity index is 1.45. The van der Waals surface area contributed by atoms with Gasteiger partial charge in [-0.2, -0.15) is 0 Å². The highest BCUT2D eigenvalue weighted by molar-refractivity contribution is 6.78. The molecule has 9 heteroatoms. The third kappa shape index (κ3) is 9.04. The summed E-state index contributed by atoms with van der Waals surface area (Å²) in [6.07, 6.45) is 10.2. The van der Waals surface area contributed by atoms with Gasteiger partial charge in [-0.05, 0) is 159 Å². The van der Waals surface area contributed by atoms with Crippen LogP contribution in [-0.2, 0) is 25.7 Å². The predicted octanol–water partition coefficient (Wildman–Crippen LogP) is 13.6. The van der Waals surface area contributed by atoms with Crippen LogP contribution in [0.1, 0.15) is 158 Å². The minimum Gasteiger partial charge on any atom is -0.540 e. The first-order valence-corrected chi connectivity index (χ1v) is 28.8. The van der Waals surface area contributed by atoms with E-state index >= 15 is 0 Å². The van der Waals surface area contributed by atoms with Crippen LogP contribution in [0.25, 0.3) is 0 Å². The number of benzene rings is 2. The number of carbonyl (C=O) groups is 1. The Hall–Kier alpha value is -2.34. The van der Waals surface area contributed by atoms with Crippen molar-refractivity contribution in [3.63, 3.8) is 0 Å². The van der Waals surface area contributed by atoms with Gasteiger partial charge in [-0.25, -0.2) is 4.79 Å². The zero-order chi connectivity index (χ0) is 43.7. The van der Waals surface area contributed by atoms with Crippen LogP contribution in [0.4, 0.5) is 4.79 Å². The van der Waals surface area contributed by atoms with Gasteiger partial charge >= 0.3 is 6.16 Å². The molecular formula is C51H84N2O5Si2. The number of rotatable bonds is 16. The van der Waals surface area contributed by atoms with E-state index in [2.05, 4.69) is 131 Å². The SMILES string of the molecule is CCCN1CCC[C@@H]2Cc3c(ccc(O[Si](C(C)C)(C(C)C)C(C)C)c3OC(=O)Oc3c(O[Si](C(C)C)(C(C)C)C(C)C)ccc4c3C[C@H]3CCCN(CCC)[C@@H]3C4)C[C@H]21. The number of piperidine rings is 2. The first kappa shape index (κ1) is 47.1. The van der Waals surface area contributed by atoms with Gasteiger partial charge in [0.15, 0.2) is 11.5 Å². The fraction of sp³-hybridized carbons (Fsp3) is 0.745. The van der Waals surface area contributed by atoms with Gasteiger partial charge in [0.25, 0.3) is 16.6 Å². The molecule has 2 aliphatic heterocycles. The zero-order valence-electron chi connectivity index (χ0n) is 40.4. The first-order chi connectivity index (χ1) is 28.5. The molecule has 0 bridgehead atoms. The fourth-order valence-corrected chi connectivity index (χ4v) is 23.9. The molecule has 0 unspecified atom stereocenters. The van der Waals surface area contributed by atoms with E-state index in [4.69, 9.17) is 18.3 Å². The Morgan fingerprint density at radius 3 is 1.23 bits per heavy atom. The van der Waals surface area contributed by atoms with Gasteiger partial charge in [0.2, 0.25) is 0 Å². The molecule has 2 saturated heterocycles. The number of carbonyl (C=O) groups excluding carboxylic acids is 1. The summed E-state index contributed by atoms with van der Waals surface area (Å²) in [6.45, 7) is 37.1. The molecule has 6 rings (SSSR count). The number of fused-ring (bicyclic) bond motifs is 4. The smallest absolute Gasteiger partial charge is 0.519 e. The summed E-state index contributed by atoms with van der Waals surface area (Å²) in [5.74, 6) is 3.65. The molecule has 336 valence electrons. The maximum atomic E-state index is 14.9. The van der Waals surface area contributed by atoms with E-state index in [1.165, 1.54) is 49.9 Å². The maximum absolute atomic E-state index is 14.9. The summed E-state index contributed by atoms with van der Waals surface area (Å²) in [5, 5.41) is 0. The number of hydrogen-bond donors (Lipinski definition) is 0. The molecule has 7 nitrogen and oxygen atoms in total. The van der Waals surface area contributed by atoms with Crippen molar-refractivity contribution in [3.8, 4) is 23.0 Å². The van der Waals surface area contributed by atoms with Gasteiger partial charge in [-0.3, -0.25) is 9.80 Å². The van der Waals surface area contributed by atoms with Crippen LogP contribution in [0.15, 0.2) is 24.3 Å². The van der Waals surface area contributed by atoms with Crippen molar-refractivity contribution < 1.29 is 23.1 Å². The standard InChI is InChI=1S/C51H84N2O5Si2/c1-15-25-52-27-17-19-41-29-43-39(31-45(41)52)21-23-47(57-59(33(3)4,34(5)6)35(7)8)49(43)55-51(54)56-50-44-30-42-20-18-28-53(26-16-2)46(42)32-40(44)22-24-48(50)58-60(36(9)10,37(11)12)38(13)14/h21-24,33-38,41-42,45-46H,15-20,25-32H2,1-14H3/t41-,42-,45-,46-/m1/s1. The first-order valence-electron chi connectivity index (χ1n) is 24.5. The predicted molar refractivity (Wildman–Crippen MR) is 254 cm³/mol. The van der Waals surface area contributed by atoms with Gasteiger partial charge < -0.3 is 18.3 Å². The van der Waals surface area contributed by atoms with E-state index in [9.17, 15) is 4.79 Å². The summed E-state index contributed by atoms with van der Waals surface area (Å²) in [7, 11) is -4.80. The lowest BCUT2D eigenvalue weighted by Gasteiger charge is -2.46. The highest BCUT2D eigenvalue weighted by Gasteiger charge is 2.50. The van der Waals surface area contributed by atoms with Crippen LogP contribution < -0.4 is 18.3 Å². The Labute approximate surface area is 368 Å². The molecule has 60 heavy (non-hydrogen) atoms. The van der Waals surface area contributed by atoms with E-state index in [1.807, 2.05) is 0 Å². The second kappa shape index (κ2) is 19.6. The Bertz CT molecular complexity index is 1600. The molecule has 0 aromatic heterocycles. The minimum absolute atomic E-state index is 0.373. The molecule has 0 N–H and O–H groups in total. The van der Waals surface area contributed by atoms with Gasteiger partial charge in [0, 0.05) is 23.2 Å². The van der Waals surface area contributed by atoms with Gasteiger partial charge in [-0.15, -0.1) is 0 Å². The average molecular weight is 861 g/mol. The van der Waals surface area contributed by atoms with E-state index in [0.717, 1.165) is 62.7 Å². The highest BCUT2D eigenvalue weighted by atomic mass is 28.4. The Kier molecular flexibility index (Phi) is 15.4. The molecule has 0 saturated carbocycles. The van der Waals surface area contributed by atoms with Crippen LogP contribution in [0.2, 0.25) is 33.2 Å². The monoisotopic (exact) mass is 861 g/mol. The summed E-state index contributed by atoms with van der Waals surface area (Å²) in [4.78, 5) is 20.3. The van der Waals surface area contributed by atoms with Gasteiger partial charge in [-0.1, -0.05) is 109 Å². The van der Waals surface area contributed by atoms with Crippen molar-refractivity contribution in [2.24, 2.45) is 11.8 Å². The molecule has 2 aliphatic carbocycles. The fourth-order valence-electron chi connectivity index (χ4n) is 13.4. The second-order valence-electron chi connectivity index (χ2n) is 21.2. The molecule has 4 atom stereocenters. The van der Waals surface area contributed by atoms with Crippen LogP contribution in [0.3, 0.4) is 0 Å². The summed E-state index contributed by atoms with van der Waals surface area (Å²) < 4.78 is 28.4. The van der Waals surface area contributed by atoms with E-state index < -0.39 is 22.8 Å². The lowest BCUT2D eigenvalue weighted by molar-refractivity contribution is 0.0837. The lowest BCUT2D eigenvalue weighted by Crippen LogP contribution is -2.51. The van der Waals surface area contributed by atoms with Crippen LogP contribution in [-0.4, -0.2) is 70.9 Å². The molecule has 2 fully saturated rings. The van der Waals surface area contributed by atoms with Crippen LogP contribution >= 0.6 is 0 Å². The van der Waals surface area contributed by atoms with Crippen molar-refractivity contribution in [2.75, 3.05) is 26.2 Å². The third-order valence-corrected chi connectivity index (χ3v) is 27.9. The van der Waals surface area contributed by atoms with E-state index in [1.54, 1.807) is 0 Å². The van der Waals surface area contributed by atoms with Gasteiger partial charge in [0.05, 0.1) is 0 Å². The highest BCUT2D eigenvalue weighted by Crippen LogP contribution is 2.51. The number of nitrogens with zero attached hydrogens (tertiary/aromatic N) is 2. The number of ether oxygens (including phenoxy) is 2. The molecule has 4 aliphatic rings. The quantitative estimate of drug-likeness (QED) is 0.0946. The molecule has 2 aromatic carbocycles. The van der Waals surface area contributed by atoms with Crippen LogP contribution in [0, 0.1) is 11.8 Å². The number of likely N-dealkylation sites (tertiary alicyclic amines) is 2. The molecule has 0 radical (unpaired) electrons. The average Bonchev–Trinajstić information content (AvgIpc) is 3.18. The molecular weight excluding hydrogens is 777 g/mol. The molecule has 0 amide bonds. The van der Waals surface area contributed by atoms with Gasteiger partial charge in [0.1, 0.15) is 11.5 Å². The third-order valence-electron chi connectivity index (χ3n) is 15.9. The second-order valence-corrected chi connectivity index (χ2v) is 31.9. The van der Waals surface area contributed by atoms with Crippen LogP contribution in [0.5, 0.6) is 23.0 Å². The zero-order valence-corrected chi connectivity index (χ0v) is 42.4. The van der Waals surface area contributed by atoms with Crippen molar-refractivity contribution in [2.45, 2.75) is 206 Å². The summed E-state index contributed by atoms with van der Waals surface area (Å²) in [6, 6.07) is 9.87. The molecule has 0 spiro atoms. The van der Waals surface area contributed by atoms with Crippen molar-refractivity contribution >= 4 is 22.8 Å². The minimum atomic E-state index is -2.40.